The van der Waals surface area contributed by atoms with Crippen LogP contribution in [0.5, 0.6) is 0 Å². The second kappa shape index (κ2) is 5.24. The normalized spacial score (nSPS) is 15.9. The van der Waals surface area contributed by atoms with E-state index in [4.69, 9.17) is 27.6 Å². The molecule has 0 N–H and O–H groups in total. The van der Waals surface area contributed by atoms with Gasteiger partial charge in [-0.2, -0.15) is 0 Å². The molecule has 2 heterocycles. The summed E-state index contributed by atoms with van der Waals surface area (Å²) in [7, 11) is 2.05. The van der Waals surface area contributed by atoms with Crippen molar-refractivity contribution in [2.45, 2.75) is 13.0 Å². The smallest absolute Gasteiger partial charge is 0.245 e. The number of furan rings is 1. The third kappa shape index (κ3) is 2.37. The van der Waals surface area contributed by atoms with Gasteiger partial charge in [0.15, 0.2) is 0 Å². The molecule has 104 valence electrons. The van der Waals surface area contributed by atoms with Crippen LogP contribution in [0, 0.1) is 0 Å². The molecule has 0 unspecified atom stereocenters. The van der Waals surface area contributed by atoms with E-state index in [1.807, 2.05) is 12.1 Å². The Bertz CT molecular complexity index is 718. The minimum Gasteiger partial charge on any atom is -0.456 e. The summed E-state index contributed by atoms with van der Waals surface area (Å²) >= 11 is 11.7. The highest BCUT2D eigenvalue weighted by atomic mass is 35.5. The lowest BCUT2D eigenvalue weighted by Crippen LogP contribution is -2.18. The molecule has 3 nitrogen and oxygen atoms in total. The zero-order valence-corrected chi connectivity index (χ0v) is 12.5. The second-order valence-corrected chi connectivity index (χ2v) is 5.75. The third-order valence-electron chi connectivity index (χ3n) is 3.57. The van der Waals surface area contributed by atoms with E-state index < -0.39 is 5.24 Å². The number of rotatable bonds is 2. The molecule has 0 saturated heterocycles. The summed E-state index contributed by atoms with van der Waals surface area (Å²) in [6.07, 6.45) is 3.82. The lowest BCUT2D eigenvalue weighted by molar-refractivity contribution is -0.107. The molecule has 0 bridgehead atoms. The molecule has 0 radical (unpaired) electrons. The highest BCUT2D eigenvalue weighted by molar-refractivity contribution is 6.66. The van der Waals surface area contributed by atoms with Gasteiger partial charge in [0.1, 0.15) is 11.3 Å². The van der Waals surface area contributed by atoms with Gasteiger partial charge in [-0.3, -0.25) is 4.79 Å². The van der Waals surface area contributed by atoms with Crippen molar-refractivity contribution in [3.05, 3.63) is 40.1 Å². The first-order valence-electron chi connectivity index (χ1n) is 6.35. The minimum absolute atomic E-state index is 0.516. The number of hydrogen-bond donors (Lipinski definition) is 0. The van der Waals surface area contributed by atoms with Crippen LogP contribution >= 0.6 is 23.2 Å². The number of hydrogen-bond acceptors (Lipinski definition) is 3. The molecular weight excluding hydrogens is 297 g/mol. The average molecular weight is 310 g/mol. The summed E-state index contributed by atoms with van der Waals surface area (Å²) in [5, 5.41) is 1.32. The number of carbonyl (C=O) groups is 1. The molecular formula is C15H13Cl2NO2. The summed E-state index contributed by atoms with van der Waals surface area (Å²) in [5.41, 5.74) is 2.98. The maximum absolute atomic E-state index is 10.9. The maximum atomic E-state index is 10.9. The van der Waals surface area contributed by atoms with E-state index in [-0.39, 0.29) is 0 Å². The van der Waals surface area contributed by atoms with Gasteiger partial charge in [-0.05, 0) is 48.8 Å². The van der Waals surface area contributed by atoms with Crippen molar-refractivity contribution in [1.29, 1.82) is 0 Å². The van der Waals surface area contributed by atoms with Crippen LogP contribution in [-0.2, 0) is 17.8 Å². The molecule has 1 aliphatic rings. The highest BCUT2D eigenvalue weighted by Gasteiger charge is 2.22. The summed E-state index contributed by atoms with van der Waals surface area (Å²) in [6.45, 7) is 1.70. The summed E-state index contributed by atoms with van der Waals surface area (Å²) in [4.78, 5) is 13.1. The van der Waals surface area contributed by atoms with Crippen LogP contribution in [0.15, 0.2) is 22.6 Å². The molecule has 1 aromatic heterocycles. The summed E-state index contributed by atoms with van der Waals surface area (Å²) in [5.74, 6) is 0.672. The van der Waals surface area contributed by atoms with E-state index in [0.29, 0.717) is 5.76 Å². The van der Waals surface area contributed by atoms with Crippen molar-refractivity contribution in [2.24, 2.45) is 0 Å². The van der Waals surface area contributed by atoms with Crippen LogP contribution in [0.2, 0.25) is 5.02 Å². The number of halogens is 2. The van der Waals surface area contributed by atoms with Gasteiger partial charge in [0.05, 0.1) is 0 Å². The molecule has 0 aliphatic carbocycles. The minimum atomic E-state index is -0.516. The molecule has 3 rings (SSSR count). The van der Waals surface area contributed by atoms with E-state index in [1.165, 1.54) is 6.08 Å². The monoisotopic (exact) mass is 309 g/mol. The first kappa shape index (κ1) is 13.7. The summed E-state index contributed by atoms with van der Waals surface area (Å²) in [6, 6.07) is 3.73. The van der Waals surface area contributed by atoms with Gasteiger partial charge < -0.3 is 9.32 Å². The Morgan fingerprint density at radius 1 is 1.40 bits per heavy atom. The molecule has 0 amide bonds. The van der Waals surface area contributed by atoms with E-state index in [2.05, 4.69) is 11.9 Å². The number of likely N-dealkylation sites (N-methyl/N-ethyl adjacent to an activating group) is 1. The van der Waals surface area contributed by atoms with Gasteiger partial charge in [-0.1, -0.05) is 11.6 Å². The Hall–Kier alpha value is -1.29. The van der Waals surface area contributed by atoms with E-state index in [0.717, 1.165) is 46.6 Å². The van der Waals surface area contributed by atoms with Gasteiger partial charge in [0, 0.05) is 35.1 Å². The standard InChI is InChI=1S/C15H13Cl2NO2/c1-18-7-6-9-11(16)2-3-13-15(9)10(8-18)12(20-13)4-5-14(17)19/h2-5H,6-8H2,1H3/b5-4+. The van der Waals surface area contributed by atoms with Crippen LogP contribution in [0.3, 0.4) is 0 Å². The predicted octanol–water partition coefficient (Wildman–Crippen LogP) is 3.85. The molecule has 0 spiro atoms. The fourth-order valence-electron chi connectivity index (χ4n) is 2.65. The van der Waals surface area contributed by atoms with Crippen molar-refractivity contribution in [1.82, 2.24) is 4.90 Å². The van der Waals surface area contributed by atoms with Gasteiger partial charge in [-0.25, -0.2) is 0 Å². The lowest BCUT2D eigenvalue weighted by Gasteiger charge is -2.12. The fraction of sp³-hybridized carbons (Fsp3) is 0.267. The lowest BCUT2D eigenvalue weighted by atomic mass is 10.0. The van der Waals surface area contributed by atoms with Gasteiger partial charge in [0.2, 0.25) is 5.24 Å². The third-order valence-corrected chi connectivity index (χ3v) is 4.05. The number of carbonyl (C=O) groups excluding carboxylic acids is 1. The number of nitrogens with zero attached hydrogens (tertiary/aromatic N) is 1. The second-order valence-electron chi connectivity index (χ2n) is 4.97. The van der Waals surface area contributed by atoms with Crippen LogP contribution in [0.4, 0.5) is 0 Å². The fourth-order valence-corrected chi connectivity index (χ4v) is 2.96. The average Bonchev–Trinajstić information content (AvgIpc) is 2.62. The molecule has 1 aromatic carbocycles. The molecule has 20 heavy (non-hydrogen) atoms. The Morgan fingerprint density at radius 3 is 2.95 bits per heavy atom. The van der Waals surface area contributed by atoms with E-state index in [1.54, 1.807) is 6.08 Å². The Kier molecular flexibility index (Phi) is 3.59. The molecule has 0 saturated carbocycles. The van der Waals surface area contributed by atoms with Crippen LogP contribution in [-0.4, -0.2) is 23.7 Å². The van der Waals surface area contributed by atoms with Crippen molar-refractivity contribution >= 4 is 45.5 Å². The Balaban J connectivity index is 2.25. The van der Waals surface area contributed by atoms with Crippen molar-refractivity contribution in [2.75, 3.05) is 13.6 Å². The van der Waals surface area contributed by atoms with E-state index in [9.17, 15) is 4.79 Å². The van der Waals surface area contributed by atoms with Crippen molar-refractivity contribution in [3.63, 3.8) is 0 Å². The maximum Gasteiger partial charge on any atom is 0.245 e. The number of benzene rings is 1. The Labute approximate surface area is 126 Å². The zero-order chi connectivity index (χ0) is 14.3. The summed E-state index contributed by atoms with van der Waals surface area (Å²) < 4.78 is 5.84. The van der Waals surface area contributed by atoms with Crippen LogP contribution in [0.1, 0.15) is 16.9 Å². The SMILES string of the molecule is CN1CCc2c(Cl)ccc3oc(/C=C/C(=O)Cl)c(c23)C1. The molecule has 0 atom stereocenters. The van der Waals surface area contributed by atoms with Gasteiger partial charge >= 0.3 is 0 Å². The van der Waals surface area contributed by atoms with E-state index >= 15 is 0 Å². The molecule has 5 heteroatoms. The topological polar surface area (TPSA) is 33.5 Å². The van der Waals surface area contributed by atoms with Gasteiger partial charge in [-0.15, -0.1) is 0 Å². The number of allylic oxidation sites excluding steroid dienone is 1. The molecule has 0 fully saturated rings. The highest BCUT2D eigenvalue weighted by Crippen LogP contribution is 2.36. The van der Waals surface area contributed by atoms with Crippen molar-refractivity contribution in [3.8, 4) is 0 Å². The predicted molar refractivity (Wildman–Crippen MR) is 81.2 cm³/mol. The van der Waals surface area contributed by atoms with Crippen LogP contribution < -0.4 is 0 Å². The first-order chi connectivity index (χ1) is 9.56. The van der Waals surface area contributed by atoms with Gasteiger partial charge in [0.25, 0.3) is 0 Å². The van der Waals surface area contributed by atoms with Crippen molar-refractivity contribution < 1.29 is 9.21 Å². The molecule has 2 aromatic rings. The van der Waals surface area contributed by atoms with Crippen LogP contribution in [0.25, 0.3) is 17.0 Å². The zero-order valence-electron chi connectivity index (χ0n) is 11.0. The quantitative estimate of drug-likeness (QED) is 0.624. The Morgan fingerprint density at radius 2 is 2.20 bits per heavy atom. The largest absolute Gasteiger partial charge is 0.456 e. The first-order valence-corrected chi connectivity index (χ1v) is 7.10. The molecule has 1 aliphatic heterocycles.